The highest BCUT2D eigenvalue weighted by atomic mass is 16.2. The highest BCUT2D eigenvalue weighted by Gasteiger charge is 2.41. The third-order valence-electron chi connectivity index (χ3n) is 6.75. The van der Waals surface area contributed by atoms with Crippen molar-refractivity contribution in [3.05, 3.63) is 18.0 Å². The lowest BCUT2D eigenvalue weighted by Crippen LogP contribution is -2.52. The topological polar surface area (TPSA) is 83.9 Å². The van der Waals surface area contributed by atoms with E-state index in [2.05, 4.69) is 32.4 Å². The molecule has 2 aliphatic heterocycles. The molecule has 3 aliphatic rings. The molecule has 0 radical (unpaired) electrons. The molecule has 3 N–H and O–H groups in total. The summed E-state index contributed by atoms with van der Waals surface area (Å²) in [5.41, 5.74) is 1.60. The SMILES string of the molecule is C[C@H]1CCNC[C@H]1Nc1ncc2cc3n(c2n1)C1(CCCCC1)CNC3=O. The predicted octanol–water partition coefficient (Wildman–Crippen LogP) is 2.24. The van der Waals surface area contributed by atoms with Crippen LogP contribution in [-0.2, 0) is 5.54 Å². The Bertz CT molecular complexity index is 869. The number of aromatic nitrogens is 3. The Morgan fingerprint density at radius 2 is 2.15 bits per heavy atom. The zero-order valence-corrected chi connectivity index (χ0v) is 15.9. The first kappa shape index (κ1) is 17.0. The van der Waals surface area contributed by atoms with E-state index in [1.54, 1.807) is 0 Å². The van der Waals surface area contributed by atoms with Gasteiger partial charge in [0.25, 0.3) is 5.91 Å². The van der Waals surface area contributed by atoms with E-state index in [0.29, 0.717) is 24.5 Å². The van der Waals surface area contributed by atoms with Gasteiger partial charge in [-0.15, -0.1) is 0 Å². The van der Waals surface area contributed by atoms with Gasteiger partial charge in [0.05, 0.1) is 5.54 Å². The number of fused-ring (bicyclic) bond motifs is 4. The van der Waals surface area contributed by atoms with Crippen LogP contribution in [0.25, 0.3) is 11.0 Å². The molecule has 7 heteroatoms. The summed E-state index contributed by atoms with van der Waals surface area (Å²) in [6, 6.07) is 2.29. The molecule has 2 aromatic heterocycles. The second-order valence-electron chi connectivity index (χ2n) is 8.53. The molecule has 144 valence electrons. The smallest absolute Gasteiger partial charge is 0.268 e. The van der Waals surface area contributed by atoms with Crippen molar-refractivity contribution in [1.29, 1.82) is 0 Å². The third-order valence-corrected chi connectivity index (χ3v) is 6.75. The first-order valence-corrected chi connectivity index (χ1v) is 10.3. The van der Waals surface area contributed by atoms with Gasteiger partial charge in [-0.1, -0.05) is 26.2 Å². The van der Waals surface area contributed by atoms with E-state index in [9.17, 15) is 4.79 Å². The molecular formula is C20H28N6O. The number of nitrogens with one attached hydrogen (secondary N) is 3. The Balaban J connectivity index is 1.56. The summed E-state index contributed by atoms with van der Waals surface area (Å²) in [4.78, 5) is 22.0. The van der Waals surface area contributed by atoms with Gasteiger partial charge in [0, 0.05) is 30.7 Å². The zero-order chi connectivity index (χ0) is 18.4. The lowest BCUT2D eigenvalue weighted by atomic mass is 9.80. The Labute approximate surface area is 159 Å². The normalized spacial score (nSPS) is 27.4. The molecular weight excluding hydrogens is 340 g/mol. The van der Waals surface area contributed by atoms with Crippen LogP contribution in [0.4, 0.5) is 5.95 Å². The van der Waals surface area contributed by atoms with Gasteiger partial charge in [-0.2, -0.15) is 4.98 Å². The van der Waals surface area contributed by atoms with E-state index in [4.69, 9.17) is 4.98 Å². The summed E-state index contributed by atoms with van der Waals surface area (Å²) in [5.74, 6) is 1.26. The zero-order valence-electron chi connectivity index (χ0n) is 15.9. The van der Waals surface area contributed by atoms with Crippen LogP contribution in [0, 0.1) is 5.92 Å². The van der Waals surface area contributed by atoms with E-state index in [1.165, 1.54) is 19.3 Å². The van der Waals surface area contributed by atoms with Crippen LogP contribution in [0.5, 0.6) is 0 Å². The van der Waals surface area contributed by atoms with Crippen LogP contribution in [0.3, 0.4) is 0 Å². The van der Waals surface area contributed by atoms with E-state index in [1.807, 2.05) is 12.3 Å². The summed E-state index contributed by atoms with van der Waals surface area (Å²) < 4.78 is 2.23. The molecule has 1 aliphatic carbocycles. The molecule has 1 saturated heterocycles. The summed E-state index contributed by atoms with van der Waals surface area (Å²) in [7, 11) is 0. The molecule has 0 unspecified atom stereocenters. The van der Waals surface area contributed by atoms with Crippen molar-refractivity contribution in [2.75, 3.05) is 25.0 Å². The summed E-state index contributed by atoms with van der Waals surface area (Å²) in [6.07, 6.45) is 8.90. The van der Waals surface area contributed by atoms with Crippen molar-refractivity contribution in [3.8, 4) is 0 Å². The number of carbonyl (C=O) groups is 1. The van der Waals surface area contributed by atoms with E-state index >= 15 is 0 Å². The molecule has 2 atom stereocenters. The first-order chi connectivity index (χ1) is 13.2. The van der Waals surface area contributed by atoms with Gasteiger partial charge in [-0.25, -0.2) is 4.98 Å². The van der Waals surface area contributed by atoms with Crippen LogP contribution < -0.4 is 16.0 Å². The minimum Gasteiger partial charge on any atom is -0.350 e. The summed E-state index contributed by atoms with van der Waals surface area (Å²) in [6.45, 7) is 4.99. The molecule has 0 aromatic carbocycles. The number of amides is 1. The fourth-order valence-corrected chi connectivity index (χ4v) is 5.08. The van der Waals surface area contributed by atoms with Crippen LogP contribution in [0.2, 0.25) is 0 Å². The number of hydrogen-bond donors (Lipinski definition) is 3. The number of hydrogen-bond acceptors (Lipinski definition) is 5. The molecule has 1 spiro atoms. The van der Waals surface area contributed by atoms with Crippen LogP contribution >= 0.6 is 0 Å². The van der Waals surface area contributed by atoms with Crippen molar-refractivity contribution < 1.29 is 4.79 Å². The maximum Gasteiger partial charge on any atom is 0.268 e. The molecule has 2 fully saturated rings. The molecule has 4 heterocycles. The average molecular weight is 368 g/mol. The quantitative estimate of drug-likeness (QED) is 0.757. The number of nitrogens with zero attached hydrogens (tertiary/aromatic N) is 3. The summed E-state index contributed by atoms with van der Waals surface area (Å²) in [5, 5.41) is 11.0. The van der Waals surface area contributed by atoms with Crippen LogP contribution in [-0.4, -0.2) is 46.1 Å². The number of piperidine rings is 1. The van der Waals surface area contributed by atoms with Crippen molar-refractivity contribution in [2.24, 2.45) is 5.92 Å². The lowest BCUT2D eigenvalue weighted by Gasteiger charge is -2.43. The monoisotopic (exact) mass is 368 g/mol. The Morgan fingerprint density at radius 1 is 1.30 bits per heavy atom. The molecule has 7 nitrogen and oxygen atoms in total. The highest BCUT2D eigenvalue weighted by Crippen LogP contribution is 2.40. The minimum absolute atomic E-state index is 0.00353. The molecule has 1 amide bonds. The highest BCUT2D eigenvalue weighted by molar-refractivity contribution is 5.99. The van der Waals surface area contributed by atoms with Gasteiger partial charge >= 0.3 is 0 Å². The van der Waals surface area contributed by atoms with Crippen LogP contribution in [0.15, 0.2) is 12.3 Å². The third kappa shape index (κ3) is 2.79. The second kappa shape index (κ2) is 6.48. The molecule has 2 aromatic rings. The van der Waals surface area contributed by atoms with E-state index in [0.717, 1.165) is 49.1 Å². The molecule has 27 heavy (non-hydrogen) atoms. The largest absolute Gasteiger partial charge is 0.350 e. The average Bonchev–Trinajstić information content (AvgIpc) is 3.08. The number of anilines is 1. The van der Waals surface area contributed by atoms with Crippen LogP contribution in [0.1, 0.15) is 55.9 Å². The van der Waals surface area contributed by atoms with Crippen molar-refractivity contribution in [2.45, 2.75) is 57.0 Å². The Hall–Kier alpha value is -2.15. The fraction of sp³-hybridized carbons (Fsp3) is 0.650. The Morgan fingerprint density at radius 3 is 2.96 bits per heavy atom. The number of rotatable bonds is 2. The maximum absolute atomic E-state index is 12.5. The maximum atomic E-state index is 12.5. The second-order valence-corrected chi connectivity index (χ2v) is 8.53. The van der Waals surface area contributed by atoms with E-state index in [-0.39, 0.29) is 11.4 Å². The van der Waals surface area contributed by atoms with Gasteiger partial charge in [0.1, 0.15) is 11.3 Å². The fourth-order valence-electron chi connectivity index (χ4n) is 5.08. The Kier molecular flexibility index (Phi) is 4.07. The van der Waals surface area contributed by atoms with Crippen molar-refractivity contribution in [3.63, 3.8) is 0 Å². The van der Waals surface area contributed by atoms with Crippen molar-refractivity contribution in [1.82, 2.24) is 25.2 Å². The predicted molar refractivity (Wildman–Crippen MR) is 105 cm³/mol. The molecule has 5 rings (SSSR count). The standard InChI is InChI=1S/C20H28N6O/c1-13-5-8-21-11-15(13)24-19-22-10-14-9-16-18(27)23-12-20(6-3-2-4-7-20)26(16)17(14)25-19/h9-10,13,15,21H,2-8,11-12H2,1H3,(H,23,27)(H,22,24,25)/t13-,15+/m0/s1. The van der Waals surface area contributed by atoms with Gasteiger partial charge in [0.15, 0.2) is 0 Å². The van der Waals surface area contributed by atoms with Crippen molar-refractivity contribution >= 4 is 22.9 Å². The minimum atomic E-state index is -0.0332. The lowest BCUT2D eigenvalue weighted by molar-refractivity contribution is 0.0833. The first-order valence-electron chi connectivity index (χ1n) is 10.3. The molecule has 0 bridgehead atoms. The van der Waals surface area contributed by atoms with E-state index < -0.39 is 0 Å². The number of carbonyl (C=O) groups excluding carboxylic acids is 1. The van der Waals surface area contributed by atoms with Gasteiger partial charge in [-0.05, 0) is 37.8 Å². The van der Waals surface area contributed by atoms with Gasteiger partial charge in [0.2, 0.25) is 5.95 Å². The van der Waals surface area contributed by atoms with Gasteiger partial charge < -0.3 is 20.5 Å². The summed E-state index contributed by atoms with van der Waals surface area (Å²) >= 11 is 0. The van der Waals surface area contributed by atoms with Gasteiger partial charge in [-0.3, -0.25) is 4.79 Å². The molecule has 1 saturated carbocycles.